The number of nitrogens with one attached hydrogen (secondary N) is 1. The first-order chi connectivity index (χ1) is 15.5. The van der Waals surface area contributed by atoms with Gasteiger partial charge in [-0.1, -0.05) is 6.07 Å². The van der Waals surface area contributed by atoms with Crippen LogP contribution >= 0.6 is 0 Å². The largest absolute Gasteiger partial charge is 0.497 e. The summed E-state index contributed by atoms with van der Waals surface area (Å²) in [7, 11) is 4.68. The van der Waals surface area contributed by atoms with Crippen LogP contribution in [0.3, 0.4) is 0 Å². The Kier molecular flexibility index (Phi) is 5.98. The summed E-state index contributed by atoms with van der Waals surface area (Å²) in [5, 5.41) is 2.87. The van der Waals surface area contributed by atoms with Crippen molar-refractivity contribution in [1.29, 1.82) is 0 Å². The number of fused-ring (bicyclic) bond motifs is 1. The van der Waals surface area contributed by atoms with E-state index in [2.05, 4.69) is 5.32 Å². The minimum atomic E-state index is -0.274. The molecule has 0 atom stereocenters. The van der Waals surface area contributed by atoms with E-state index in [-0.39, 0.29) is 11.8 Å². The predicted octanol–water partition coefficient (Wildman–Crippen LogP) is 4.17. The summed E-state index contributed by atoms with van der Waals surface area (Å²) in [5.41, 5.74) is 3.41. The van der Waals surface area contributed by atoms with Crippen molar-refractivity contribution in [1.82, 2.24) is 0 Å². The van der Waals surface area contributed by atoms with Gasteiger partial charge in [-0.2, -0.15) is 0 Å². The number of methoxy groups -OCH3 is 3. The van der Waals surface area contributed by atoms with Crippen molar-refractivity contribution in [2.75, 3.05) is 38.1 Å². The molecule has 1 aliphatic rings. The Labute approximate surface area is 186 Å². The number of rotatable bonds is 6. The molecule has 0 radical (unpaired) electrons. The Hall–Kier alpha value is -4.00. The van der Waals surface area contributed by atoms with Crippen molar-refractivity contribution >= 4 is 23.2 Å². The van der Waals surface area contributed by atoms with Crippen molar-refractivity contribution in [3.8, 4) is 17.2 Å². The van der Waals surface area contributed by atoms with Crippen molar-refractivity contribution in [2.24, 2.45) is 0 Å². The van der Waals surface area contributed by atoms with Crippen LogP contribution in [0.2, 0.25) is 0 Å². The molecule has 164 valence electrons. The molecule has 2 amide bonds. The van der Waals surface area contributed by atoms with Crippen LogP contribution < -0.4 is 24.4 Å². The number of hydrogen-bond donors (Lipinski definition) is 1. The van der Waals surface area contributed by atoms with Gasteiger partial charge in [-0.3, -0.25) is 9.59 Å². The van der Waals surface area contributed by atoms with Crippen LogP contribution in [-0.4, -0.2) is 39.7 Å². The van der Waals surface area contributed by atoms with Gasteiger partial charge in [0, 0.05) is 35.1 Å². The highest BCUT2D eigenvalue weighted by Crippen LogP contribution is 2.32. The molecular formula is C25H24N2O5. The molecule has 4 rings (SSSR count). The minimum Gasteiger partial charge on any atom is -0.497 e. The van der Waals surface area contributed by atoms with Crippen molar-refractivity contribution < 1.29 is 23.8 Å². The zero-order valence-electron chi connectivity index (χ0n) is 18.2. The molecule has 0 saturated carbocycles. The van der Waals surface area contributed by atoms with Gasteiger partial charge in [-0.15, -0.1) is 0 Å². The number of benzene rings is 3. The Bertz CT molecular complexity index is 1160. The first-order valence-electron chi connectivity index (χ1n) is 10.2. The lowest BCUT2D eigenvalue weighted by molar-refractivity contribution is 0.0986. The predicted molar refractivity (Wildman–Crippen MR) is 122 cm³/mol. The van der Waals surface area contributed by atoms with E-state index in [0.717, 1.165) is 17.7 Å². The normalized spacial score (nSPS) is 12.2. The third-order valence-electron chi connectivity index (χ3n) is 5.47. The molecule has 0 spiro atoms. The molecular weight excluding hydrogens is 408 g/mol. The molecule has 1 heterocycles. The lowest BCUT2D eigenvalue weighted by Crippen LogP contribution is -2.29. The van der Waals surface area contributed by atoms with Crippen LogP contribution in [-0.2, 0) is 6.42 Å². The van der Waals surface area contributed by atoms with Crippen LogP contribution in [0.15, 0.2) is 60.7 Å². The van der Waals surface area contributed by atoms with E-state index in [1.807, 2.05) is 6.07 Å². The molecule has 7 heteroatoms. The van der Waals surface area contributed by atoms with Crippen LogP contribution in [0.25, 0.3) is 0 Å². The van der Waals surface area contributed by atoms with Gasteiger partial charge in [-0.25, -0.2) is 0 Å². The molecule has 3 aromatic rings. The van der Waals surface area contributed by atoms with Crippen LogP contribution in [0.5, 0.6) is 17.2 Å². The Morgan fingerprint density at radius 2 is 1.53 bits per heavy atom. The number of ether oxygens (including phenoxy) is 3. The fourth-order valence-electron chi connectivity index (χ4n) is 3.74. The Morgan fingerprint density at radius 3 is 2.22 bits per heavy atom. The minimum absolute atomic E-state index is 0.108. The summed E-state index contributed by atoms with van der Waals surface area (Å²) in [6, 6.07) is 17.6. The Balaban J connectivity index is 1.55. The smallest absolute Gasteiger partial charge is 0.258 e. The number of anilines is 2. The SMILES string of the molecule is COc1ccc(C(=O)N2CCc3ccc(C(=O)Nc4ccc(OC)c(OC)c4)cc32)cc1. The van der Waals surface area contributed by atoms with Crippen molar-refractivity contribution in [3.63, 3.8) is 0 Å². The molecule has 32 heavy (non-hydrogen) atoms. The van der Waals surface area contributed by atoms with Crippen LogP contribution in [0.4, 0.5) is 11.4 Å². The average molecular weight is 432 g/mol. The first-order valence-corrected chi connectivity index (χ1v) is 10.2. The van der Waals surface area contributed by atoms with E-state index < -0.39 is 0 Å². The van der Waals surface area contributed by atoms with E-state index in [0.29, 0.717) is 40.6 Å². The fraction of sp³-hybridized carbons (Fsp3) is 0.200. The summed E-state index contributed by atoms with van der Waals surface area (Å²) in [5.74, 6) is 1.41. The maximum absolute atomic E-state index is 13.1. The topological polar surface area (TPSA) is 77.1 Å². The van der Waals surface area contributed by atoms with Crippen molar-refractivity contribution in [3.05, 3.63) is 77.4 Å². The van der Waals surface area contributed by atoms with Crippen molar-refractivity contribution in [2.45, 2.75) is 6.42 Å². The fourth-order valence-corrected chi connectivity index (χ4v) is 3.74. The molecule has 0 saturated heterocycles. The van der Waals surface area contributed by atoms with Gasteiger partial charge in [0.15, 0.2) is 11.5 Å². The van der Waals surface area contributed by atoms with Gasteiger partial charge < -0.3 is 24.4 Å². The lowest BCUT2D eigenvalue weighted by atomic mass is 10.1. The Morgan fingerprint density at radius 1 is 0.812 bits per heavy atom. The summed E-state index contributed by atoms with van der Waals surface area (Å²) in [4.78, 5) is 27.7. The quantitative estimate of drug-likeness (QED) is 0.633. The molecule has 0 fully saturated rings. The van der Waals surface area contributed by atoms with Gasteiger partial charge in [0.25, 0.3) is 11.8 Å². The van der Waals surface area contributed by atoms with Gasteiger partial charge >= 0.3 is 0 Å². The number of nitrogens with zero attached hydrogens (tertiary/aromatic N) is 1. The van der Waals surface area contributed by atoms with E-state index in [9.17, 15) is 9.59 Å². The molecule has 3 aromatic carbocycles. The van der Waals surface area contributed by atoms with E-state index in [1.165, 1.54) is 0 Å². The average Bonchev–Trinajstić information content (AvgIpc) is 3.26. The first kappa shape index (κ1) is 21.2. The number of carbonyl (C=O) groups is 2. The van der Waals surface area contributed by atoms with Crippen LogP contribution in [0, 0.1) is 0 Å². The summed E-state index contributed by atoms with van der Waals surface area (Å²) in [6.45, 7) is 0.570. The summed E-state index contributed by atoms with van der Waals surface area (Å²) < 4.78 is 15.7. The second kappa shape index (κ2) is 9.01. The third kappa shape index (κ3) is 4.09. The van der Waals surface area contributed by atoms with Gasteiger partial charge in [-0.05, 0) is 60.5 Å². The maximum atomic E-state index is 13.1. The summed E-state index contributed by atoms with van der Waals surface area (Å²) >= 11 is 0. The monoisotopic (exact) mass is 432 g/mol. The molecule has 0 bridgehead atoms. The van der Waals surface area contributed by atoms with Gasteiger partial charge in [0.05, 0.1) is 21.3 Å². The van der Waals surface area contributed by atoms with E-state index in [1.54, 1.807) is 80.8 Å². The third-order valence-corrected chi connectivity index (χ3v) is 5.47. The molecule has 7 nitrogen and oxygen atoms in total. The standard InChI is InChI=1S/C25H24N2O5/c1-30-20-9-6-17(7-10-20)25(29)27-13-12-16-4-5-18(14-21(16)27)24(28)26-19-8-11-22(31-2)23(15-19)32-3/h4-11,14-15H,12-13H2,1-3H3,(H,26,28). The second-order valence-corrected chi connectivity index (χ2v) is 7.30. The highest BCUT2D eigenvalue weighted by atomic mass is 16.5. The second-order valence-electron chi connectivity index (χ2n) is 7.30. The zero-order valence-corrected chi connectivity index (χ0v) is 18.2. The van der Waals surface area contributed by atoms with Gasteiger partial charge in [0.2, 0.25) is 0 Å². The number of hydrogen-bond acceptors (Lipinski definition) is 5. The van der Waals surface area contributed by atoms with Crippen LogP contribution in [0.1, 0.15) is 26.3 Å². The molecule has 1 aliphatic heterocycles. The van der Waals surface area contributed by atoms with E-state index in [4.69, 9.17) is 14.2 Å². The lowest BCUT2D eigenvalue weighted by Gasteiger charge is -2.18. The number of amides is 2. The highest BCUT2D eigenvalue weighted by Gasteiger charge is 2.26. The molecule has 0 unspecified atom stereocenters. The highest BCUT2D eigenvalue weighted by molar-refractivity contribution is 6.09. The zero-order chi connectivity index (χ0) is 22.7. The number of carbonyl (C=O) groups excluding carboxylic acids is 2. The van der Waals surface area contributed by atoms with Gasteiger partial charge in [0.1, 0.15) is 5.75 Å². The maximum Gasteiger partial charge on any atom is 0.258 e. The molecule has 0 aromatic heterocycles. The van der Waals surface area contributed by atoms with E-state index >= 15 is 0 Å². The molecule has 0 aliphatic carbocycles. The molecule has 1 N–H and O–H groups in total. The summed E-state index contributed by atoms with van der Waals surface area (Å²) in [6.07, 6.45) is 0.745.